The highest BCUT2D eigenvalue weighted by Crippen LogP contribution is 2.21. The van der Waals surface area contributed by atoms with Crippen molar-refractivity contribution in [1.82, 2.24) is 9.62 Å². The smallest absolute Gasteiger partial charge is 0.251 e. The first-order chi connectivity index (χ1) is 12.0. The molecule has 25 heavy (non-hydrogen) atoms. The average molecular weight is 367 g/mol. The molecule has 0 saturated carbocycles. The maximum Gasteiger partial charge on any atom is 0.251 e. The van der Waals surface area contributed by atoms with Gasteiger partial charge in [0.2, 0.25) is 10.0 Å². The zero-order chi connectivity index (χ0) is 17.9. The number of nitrogens with two attached hydrogens (primary N) is 1. The Hall–Kier alpha value is -1.48. The van der Waals surface area contributed by atoms with Gasteiger partial charge in [-0.3, -0.25) is 4.79 Å². The molecule has 1 unspecified atom stereocenters. The van der Waals surface area contributed by atoms with Crippen molar-refractivity contribution < 1.29 is 17.9 Å². The molecule has 0 spiro atoms. The summed E-state index contributed by atoms with van der Waals surface area (Å²) in [5.41, 5.74) is 6.17. The van der Waals surface area contributed by atoms with Gasteiger partial charge in [0.05, 0.1) is 4.90 Å². The van der Waals surface area contributed by atoms with Crippen LogP contribution in [0, 0.1) is 5.92 Å². The molecule has 1 atom stereocenters. The number of sulfonamides is 1. The summed E-state index contributed by atoms with van der Waals surface area (Å²) in [5, 5.41) is 2.90. The quantitative estimate of drug-likeness (QED) is 0.792. The van der Waals surface area contributed by atoms with E-state index in [1.165, 1.54) is 16.4 Å². The Morgan fingerprint density at radius 2 is 2.04 bits per heavy atom. The number of nitrogens with zero attached hydrogens (tertiary/aromatic N) is 1. The van der Waals surface area contributed by atoms with Crippen LogP contribution in [0.25, 0.3) is 0 Å². The normalized spacial score (nSPS) is 22.8. The molecular formula is C17H25N3O4S. The minimum atomic E-state index is -3.61. The molecule has 8 heteroatoms. The summed E-state index contributed by atoms with van der Waals surface area (Å²) in [5.74, 6) is 0.164. The molecule has 138 valence electrons. The Kier molecular flexibility index (Phi) is 5.73. The molecule has 0 radical (unpaired) electrons. The fourth-order valence-corrected chi connectivity index (χ4v) is 4.77. The van der Waals surface area contributed by atoms with Gasteiger partial charge in [-0.05, 0) is 43.4 Å². The molecule has 2 saturated heterocycles. The molecule has 0 aliphatic carbocycles. The van der Waals surface area contributed by atoms with Gasteiger partial charge >= 0.3 is 0 Å². The van der Waals surface area contributed by atoms with E-state index in [1.807, 2.05) is 0 Å². The van der Waals surface area contributed by atoms with E-state index in [2.05, 4.69) is 5.32 Å². The van der Waals surface area contributed by atoms with Crippen molar-refractivity contribution >= 4 is 15.9 Å². The number of carbonyl (C=O) groups is 1. The number of benzene rings is 1. The zero-order valence-electron chi connectivity index (χ0n) is 14.2. The van der Waals surface area contributed by atoms with Gasteiger partial charge in [-0.2, -0.15) is 4.31 Å². The van der Waals surface area contributed by atoms with Crippen LogP contribution in [0.1, 0.15) is 29.6 Å². The van der Waals surface area contributed by atoms with E-state index in [1.54, 1.807) is 12.1 Å². The van der Waals surface area contributed by atoms with E-state index in [-0.39, 0.29) is 16.8 Å². The highest BCUT2D eigenvalue weighted by Gasteiger charge is 2.31. The van der Waals surface area contributed by atoms with Gasteiger partial charge in [-0.25, -0.2) is 8.42 Å². The van der Waals surface area contributed by atoms with Crippen molar-refractivity contribution in [2.45, 2.75) is 30.2 Å². The summed E-state index contributed by atoms with van der Waals surface area (Å²) in [6.45, 7) is 2.78. The molecule has 1 aromatic carbocycles. The number of carbonyl (C=O) groups excluding carboxylic acids is 1. The van der Waals surface area contributed by atoms with Crippen molar-refractivity contribution in [1.29, 1.82) is 0 Å². The second kappa shape index (κ2) is 7.82. The number of hydrogen-bond acceptors (Lipinski definition) is 5. The average Bonchev–Trinajstić information content (AvgIpc) is 3.08. The van der Waals surface area contributed by atoms with Crippen LogP contribution in [0.2, 0.25) is 0 Å². The predicted octanol–water partition coefficient (Wildman–Crippen LogP) is 0.565. The molecule has 7 nitrogen and oxygen atoms in total. The number of hydrogen-bond donors (Lipinski definition) is 2. The highest BCUT2D eigenvalue weighted by molar-refractivity contribution is 7.89. The second-order valence-corrected chi connectivity index (χ2v) is 8.64. The van der Waals surface area contributed by atoms with Gasteiger partial charge in [-0.15, -0.1) is 0 Å². The third-order valence-corrected chi connectivity index (χ3v) is 6.67. The van der Waals surface area contributed by atoms with Crippen LogP contribution in [0.4, 0.5) is 0 Å². The Balaban J connectivity index is 1.67. The third kappa shape index (κ3) is 4.38. The first-order valence-electron chi connectivity index (χ1n) is 8.68. The van der Waals surface area contributed by atoms with Crippen LogP contribution < -0.4 is 11.1 Å². The largest absolute Gasteiger partial charge is 0.381 e. The molecule has 2 aliphatic heterocycles. The molecule has 1 amide bonds. The highest BCUT2D eigenvalue weighted by atomic mass is 32.2. The van der Waals surface area contributed by atoms with E-state index in [0.717, 1.165) is 26.1 Å². The van der Waals surface area contributed by atoms with E-state index >= 15 is 0 Å². The minimum absolute atomic E-state index is 0.124. The van der Waals surface area contributed by atoms with E-state index in [4.69, 9.17) is 10.5 Å². The summed E-state index contributed by atoms with van der Waals surface area (Å²) in [6.07, 6.45) is 2.53. The van der Waals surface area contributed by atoms with Gasteiger partial charge < -0.3 is 15.8 Å². The van der Waals surface area contributed by atoms with Crippen molar-refractivity contribution in [2.75, 3.05) is 32.8 Å². The third-order valence-electron chi connectivity index (χ3n) is 4.81. The van der Waals surface area contributed by atoms with Crippen LogP contribution in [0.5, 0.6) is 0 Å². The number of nitrogens with one attached hydrogen (secondary N) is 1. The Morgan fingerprint density at radius 3 is 2.72 bits per heavy atom. The van der Waals surface area contributed by atoms with Crippen molar-refractivity contribution in [2.24, 2.45) is 11.7 Å². The summed E-state index contributed by atoms with van der Waals surface area (Å²) in [4.78, 5) is 12.5. The van der Waals surface area contributed by atoms with Gasteiger partial charge in [0.1, 0.15) is 0 Å². The summed E-state index contributed by atoms with van der Waals surface area (Å²) < 4.78 is 32.1. The standard InChI is InChI=1S/C17H25N3O4S/c18-15-4-7-20(12-15)25(22,23)16-3-1-2-14(10-16)17(21)19-11-13-5-8-24-9-6-13/h1-3,10,13,15H,4-9,11-12,18H2,(H,19,21). The van der Waals surface area contributed by atoms with Crippen LogP contribution in [-0.4, -0.2) is 57.5 Å². The first kappa shape index (κ1) is 18.3. The number of rotatable bonds is 5. The number of amides is 1. The molecule has 0 aromatic heterocycles. The van der Waals surface area contributed by atoms with Crippen LogP contribution in [0.15, 0.2) is 29.2 Å². The summed E-state index contributed by atoms with van der Waals surface area (Å²) >= 11 is 0. The lowest BCUT2D eigenvalue weighted by molar-refractivity contribution is 0.0642. The van der Waals surface area contributed by atoms with Crippen LogP contribution in [-0.2, 0) is 14.8 Å². The molecule has 0 bridgehead atoms. The topological polar surface area (TPSA) is 102 Å². The van der Waals surface area contributed by atoms with Gasteiger partial charge in [0.15, 0.2) is 0 Å². The lowest BCUT2D eigenvalue weighted by atomic mass is 10.0. The zero-order valence-corrected chi connectivity index (χ0v) is 15.0. The summed E-state index contributed by atoms with van der Waals surface area (Å²) in [7, 11) is -3.61. The molecule has 1 aromatic rings. The first-order valence-corrected chi connectivity index (χ1v) is 10.1. The second-order valence-electron chi connectivity index (χ2n) is 6.71. The number of ether oxygens (including phenoxy) is 1. The van der Waals surface area contributed by atoms with Gasteiger partial charge in [-0.1, -0.05) is 6.07 Å². The van der Waals surface area contributed by atoms with Gasteiger partial charge in [0, 0.05) is 44.5 Å². The predicted molar refractivity (Wildman–Crippen MR) is 93.7 cm³/mol. The van der Waals surface area contributed by atoms with Crippen molar-refractivity contribution in [3.05, 3.63) is 29.8 Å². The van der Waals surface area contributed by atoms with Crippen LogP contribution >= 0.6 is 0 Å². The van der Waals surface area contributed by atoms with Crippen LogP contribution in [0.3, 0.4) is 0 Å². The molecule has 2 fully saturated rings. The fraction of sp³-hybridized carbons (Fsp3) is 0.588. The van der Waals surface area contributed by atoms with Crippen molar-refractivity contribution in [3.63, 3.8) is 0 Å². The Labute approximate surface area is 148 Å². The Morgan fingerprint density at radius 1 is 1.28 bits per heavy atom. The van der Waals surface area contributed by atoms with E-state index in [0.29, 0.717) is 37.5 Å². The molecule has 2 aliphatic rings. The van der Waals surface area contributed by atoms with E-state index < -0.39 is 10.0 Å². The maximum atomic E-state index is 12.7. The Bertz CT molecular complexity index is 716. The SMILES string of the molecule is NC1CCN(S(=O)(=O)c2cccc(C(=O)NCC3CCOCC3)c2)C1. The summed E-state index contributed by atoms with van der Waals surface area (Å²) in [6, 6.07) is 6.08. The minimum Gasteiger partial charge on any atom is -0.381 e. The lowest BCUT2D eigenvalue weighted by Crippen LogP contribution is -2.33. The van der Waals surface area contributed by atoms with Gasteiger partial charge in [0.25, 0.3) is 5.91 Å². The molecule has 2 heterocycles. The lowest BCUT2D eigenvalue weighted by Gasteiger charge is -2.22. The van der Waals surface area contributed by atoms with E-state index in [9.17, 15) is 13.2 Å². The molecule has 3 N–H and O–H groups in total. The maximum absolute atomic E-state index is 12.7. The molecule has 3 rings (SSSR count). The fourth-order valence-electron chi connectivity index (χ4n) is 3.21. The monoisotopic (exact) mass is 367 g/mol. The molecular weight excluding hydrogens is 342 g/mol. The van der Waals surface area contributed by atoms with Crippen molar-refractivity contribution in [3.8, 4) is 0 Å².